The van der Waals surface area contributed by atoms with E-state index in [9.17, 15) is 4.79 Å². The molecule has 30 heavy (non-hydrogen) atoms. The molecular weight excluding hydrogens is 378 g/mol. The van der Waals surface area contributed by atoms with Crippen LogP contribution in [0.15, 0.2) is 42.5 Å². The first-order valence-corrected chi connectivity index (χ1v) is 10.9. The van der Waals surface area contributed by atoms with Crippen molar-refractivity contribution in [3.63, 3.8) is 0 Å². The average molecular weight is 412 g/mol. The Morgan fingerprint density at radius 1 is 0.933 bits per heavy atom. The zero-order valence-electron chi connectivity index (χ0n) is 18.1. The summed E-state index contributed by atoms with van der Waals surface area (Å²) in [7, 11) is 3.34. The van der Waals surface area contributed by atoms with Gasteiger partial charge in [-0.1, -0.05) is 24.3 Å². The SMILES string of the molecule is COc1ccc(C[NH+]2CC[NH+](CC(=O)N3CCc4ccccc4C3)CC2)cc1OC. The molecule has 6 nitrogen and oxygen atoms in total. The lowest BCUT2D eigenvalue weighted by Gasteiger charge is -2.32. The van der Waals surface area contributed by atoms with Gasteiger partial charge in [0.15, 0.2) is 18.0 Å². The highest BCUT2D eigenvalue weighted by Crippen LogP contribution is 2.27. The van der Waals surface area contributed by atoms with E-state index in [-0.39, 0.29) is 0 Å². The number of piperazine rings is 1. The summed E-state index contributed by atoms with van der Waals surface area (Å²) in [6.07, 6.45) is 0.973. The fourth-order valence-electron chi connectivity index (χ4n) is 4.62. The second-order valence-electron chi connectivity index (χ2n) is 8.38. The molecule has 1 amide bonds. The van der Waals surface area contributed by atoms with E-state index in [2.05, 4.69) is 36.4 Å². The van der Waals surface area contributed by atoms with Gasteiger partial charge in [0.2, 0.25) is 0 Å². The number of methoxy groups -OCH3 is 2. The Balaban J connectivity index is 1.25. The highest BCUT2D eigenvalue weighted by atomic mass is 16.5. The molecule has 2 aliphatic heterocycles. The summed E-state index contributed by atoms with van der Waals surface area (Å²) in [5.41, 5.74) is 3.95. The van der Waals surface area contributed by atoms with Crippen LogP contribution in [0.2, 0.25) is 0 Å². The third-order valence-corrected chi connectivity index (χ3v) is 6.45. The van der Waals surface area contributed by atoms with Crippen LogP contribution in [0.5, 0.6) is 11.5 Å². The quantitative estimate of drug-likeness (QED) is 0.679. The number of ether oxygens (including phenoxy) is 2. The summed E-state index contributed by atoms with van der Waals surface area (Å²) in [6, 6.07) is 14.7. The van der Waals surface area contributed by atoms with Gasteiger partial charge in [-0.3, -0.25) is 4.79 Å². The summed E-state index contributed by atoms with van der Waals surface area (Å²) >= 11 is 0. The number of benzene rings is 2. The van der Waals surface area contributed by atoms with Gasteiger partial charge in [0.05, 0.1) is 14.2 Å². The summed E-state index contributed by atoms with van der Waals surface area (Å²) in [4.78, 5) is 17.9. The second-order valence-corrected chi connectivity index (χ2v) is 8.38. The molecule has 1 saturated heterocycles. The number of hydrogen-bond acceptors (Lipinski definition) is 3. The Bertz CT molecular complexity index is 878. The molecule has 0 saturated carbocycles. The van der Waals surface area contributed by atoms with Gasteiger partial charge >= 0.3 is 0 Å². The number of quaternary nitrogens is 2. The van der Waals surface area contributed by atoms with Crippen LogP contribution in [0.3, 0.4) is 0 Å². The summed E-state index contributed by atoms with van der Waals surface area (Å²) in [5, 5.41) is 0. The van der Waals surface area contributed by atoms with E-state index in [1.165, 1.54) is 21.6 Å². The monoisotopic (exact) mass is 411 g/mol. The van der Waals surface area contributed by atoms with Crippen LogP contribution >= 0.6 is 0 Å². The second kappa shape index (κ2) is 9.49. The lowest BCUT2D eigenvalue weighted by molar-refractivity contribution is -1.02. The van der Waals surface area contributed by atoms with Crippen molar-refractivity contribution in [2.24, 2.45) is 0 Å². The van der Waals surface area contributed by atoms with E-state index >= 15 is 0 Å². The van der Waals surface area contributed by atoms with E-state index in [1.54, 1.807) is 19.1 Å². The maximum Gasteiger partial charge on any atom is 0.278 e. The molecule has 0 atom stereocenters. The average Bonchev–Trinajstić information content (AvgIpc) is 2.80. The van der Waals surface area contributed by atoms with Crippen molar-refractivity contribution >= 4 is 5.91 Å². The molecule has 0 spiro atoms. The van der Waals surface area contributed by atoms with Gasteiger partial charge in [-0.25, -0.2) is 0 Å². The standard InChI is InChI=1S/C24H31N3O3/c1-29-22-8-7-19(15-23(22)30-2)16-25-11-13-26(14-12-25)18-24(28)27-10-9-20-5-3-4-6-21(20)17-27/h3-8,15H,9-14,16-18H2,1-2H3/p+2. The maximum atomic E-state index is 12.9. The van der Waals surface area contributed by atoms with Crippen molar-refractivity contribution < 1.29 is 24.1 Å². The predicted octanol–water partition coefficient (Wildman–Crippen LogP) is -0.428. The van der Waals surface area contributed by atoms with Gasteiger partial charge in [0.25, 0.3) is 5.91 Å². The fraction of sp³-hybridized carbons (Fsp3) is 0.458. The minimum absolute atomic E-state index is 0.294. The molecule has 6 heteroatoms. The predicted molar refractivity (Wildman–Crippen MR) is 115 cm³/mol. The van der Waals surface area contributed by atoms with Crippen LogP contribution in [0.1, 0.15) is 16.7 Å². The Hall–Kier alpha value is -2.57. The number of nitrogens with one attached hydrogen (secondary N) is 2. The van der Waals surface area contributed by atoms with Crippen LogP contribution in [-0.4, -0.2) is 64.3 Å². The van der Waals surface area contributed by atoms with Gasteiger partial charge < -0.3 is 24.2 Å². The van der Waals surface area contributed by atoms with Crippen molar-refractivity contribution in [1.29, 1.82) is 0 Å². The number of fused-ring (bicyclic) bond motifs is 1. The van der Waals surface area contributed by atoms with E-state index < -0.39 is 0 Å². The summed E-state index contributed by atoms with van der Waals surface area (Å²) < 4.78 is 10.8. The lowest BCUT2D eigenvalue weighted by atomic mass is 10.00. The molecule has 2 aromatic rings. The van der Waals surface area contributed by atoms with Crippen LogP contribution in [0.4, 0.5) is 0 Å². The van der Waals surface area contributed by atoms with Gasteiger partial charge in [-0.15, -0.1) is 0 Å². The van der Waals surface area contributed by atoms with Gasteiger partial charge in [0.1, 0.15) is 32.7 Å². The highest BCUT2D eigenvalue weighted by molar-refractivity contribution is 5.77. The number of nitrogens with zero attached hydrogens (tertiary/aromatic N) is 1. The van der Waals surface area contributed by atoms with E-state index in [4.69, 9.17) is 9.47 Å². The van der Waals surface area contributed by atoms with Crippen LogP contribution in [-0.2, 0) is 24.3 Å². The zero-order valence-corrected chi connectivity index (χ0v) is 18.1. The molecule has 1 fully saturated rings. The zero-order chi connectivity index (χ0) is 20.9. The summed E-state index contributed by atoms with van der Waals surface area (Å²) in [5.74, 6) is 1.85. The molecule has 2 heterocycles. The van der Waals surface area contributed by atoms with Crippen LogP contribution < -0.4 is 19.3 Å². The molecule has 0 bridgehead atoms. The highest BCUT2D eigenvalue weighted by Gasteiger charge is 2.28. The lowest BCUT2D eigenvalue weighted by Crippen LogP contribution is -3.28. The minimum atomic E-state index is 0.294. The van der Waals surface area contributed by atoms with Crippen LogP contribution in [0.25, 0.3) is 0 Å². The minimum Gasteiger partial charge on any atom is -0.493 e. The number of carbonyl (C=O) groups excluding carboxylic acids is 1. The van der Waals surface area contributed by atoms with Crippen molar-refractivity contribution in [2.75, 3.05) is 53.5 Å². The van der Waals surface area contributed by atoms with Crippen molar-refractivity contribution in [3.05, 3.63) is 59.2 Å². The largest absolute Gasteiger partial charge is 0.493 e. The number of rotatable bonds is 6. The van der Waals surface area contributed by atoms with Crippen molar-refractivity contribution in [1.82, 2.24) is 4.90 Å². The van der Waals surface area contributed by atoms with Crippen molar-refractivity contribution in [3.8, 4) is 11.5 Å². The van der Waals surface area contributed by atoms with Gasteiger partial charge in [0, 0.05) is 18.7 Å². The molecule has 2 N–H and O–H groups in total. The first-order chi connectivity index (χ1) is 14.7. The molecule has 4 rings (SSSR count). The topological polar surface area (TPSA) is 47.7 Å². The summed E-state index contributed by atoms with van der Waals surface area (Å²) in [6.45, 7) is 7.45. The van der Waals surface area contributed by atoms with E-state index in [0.29, 0.717) is 12.5 Å². The normalized spacial score (nSPS) is 21.1. The molecule has 0 unspecified atom stereocenters. The third-order valence-electron chi connectivity index (χ3n) is 6.45. The molecule has 0 aliphatic carbocycles. The Morgan fingerprint density at radius 3 is 2.37 bits per heavy atom. The first-order valence-electron chi connectivity index (χ1n) is 10.9. The Morgan fingerprint density at radius 2 is 1.63 bits per heavy atom. The molecule has 2 aromatic carbocycles. The van der Waals surface area contributed by atoms with E-state index in [1.807, 2.05) is 11.0 Å². The smallest absolute Gasteiger partial charge is 0.278 e. The Labute approximate surface area is 179 Å². The van der Waals surface area contributed by atoms with Gasteiger partial charge in [-0.2, -0.15) is 0 Å². The molecule has 2 aliphatic rings. The van der Waals surface area contributed by atoms with Crippen molar-refractivity contribution in [2.45, 2.75) is 19.5 Å². The number of carbonyl (C=O) groups is 1. The Kier molecular flexibility index (Phi) is 6.55. The molecule has 0 aromatic heterocycles. The fourth-order valence-corrected chi connectivity index (χ4v) is 4.62. The number of hydrogen-bond donors (Lipinski definition) is 2. The number of amides is 1. The van der Waals surface area contributed by atoms with Gasteiger partial charge in [-0.05, 0) is 35.7 Å². The third kappa shape index (κ3) is 4.77. The molecular formula is C24H33N3O3+2. The maximum absolute atomic E-state index is 12.9. The van der Waals surface area contributed by atoms with Crippen LogP contribution in [0, 0.1) is 0 Å². The molecule has 0 radical (unpaired) electrons. The first kappa shape index (κ1) is 20.7. The van der Waals surface area contributed by atoms with E-state index in [0.717, 1.165) is 63.7 Å². The molecule has 160 valence electrons.